The van der Waals surface area contributed by atoms with Crippen LogP contribution in [0.5, 0.6) is 0 Å². The summed E-state index contributed by atoms with van der Waals surface area (Å²) in [6.07, 6.45) is 5.33. The van der Waals surface area contributed by atoms with Crippen molar-refractivity contribution >= 4 is 9.84 Å². The number of fused-ring (bicyclic) bond motifs is 3. The van der Waals surface area contributed by atoms with Crippen LogP contribution in [0.4, 0.5) is 0 Å². The van der Waals surface area contributed by atoms with E-state index in [1.165, 1.54) is 0 Å². The maximum absolute atomic E-state index is 13.1. The van der Waals surface area contributed by atoms with Crippen LogP contribution in [0.1, 0.15) is 17.2 Å². The number of nitrogens with zero attached hydrogens (tertiary/aromatic N) is 3. The molecule has 0 amide bonds. The minimum absolute atomic E-state index is 0.0188. The standard InChI is InChI=1S/C21H19N3O2S/c25-27(26)20-7-6-15(16-4-3-8-22-11-16)10-18(20)19-13-24(14-21(19)27)12-17-5-1-2-9-23-17/h1-11,19,21H,12-14H2/t19-,21-/m1/s1. The topological polar surface area (TPSA) is 63.2 Å². The van der Waals surface area contributed by atoms with Crippen LogP contribution in [0.15, 0.2) is 72.0 Å². The average molecular weight is 377 g/mol. The molecule has 3 aromatic rings. The van der Waals surface area contributed by atoms with E-state index in [1.54, 1.807) is 18.5 Å². The van der Waals surface area contributed by atoms with Crippen LogP contribution in [-0.2, 0) is 16.4 Å². The molecule has 1 saturated heterocycles. The van der Waals surface area contributed by atoms with E-state index < -0.39 is 9.84 Å². The molecule has 0 saturated carbocycles. The number of hydrogen-bond donors (Lipinski definition) is 0. The van der Waals surface area contributed by atoms with Crippen molar-refractivity contribution in [2.45, 2.75) is 22.6 Å². The quantitative estimate of drug-likeness (QED) is 0.702. The van der Waals surface area contributed by atoms with Gasteiger partial charge in [0.05, 0.1) is 15.8 Å². The summed E-state index contributed by atoms with van der Waals surface area (Å²) >= 11 is 0. The minimum atomic E-state index is -3.28. The number of rotatable bonds is 3. The second-order valence-electron chi connectivity index (χ2n) is 7.20. The van der Waals surface area contributed by atoms with E-state index in [2.05, 4.69) is 14.9 Å². The van der Waals surface area contributed by atoms with Gasteiger partial charge in [-0.2, -0.15) is 0 Å². The fourth-order valence-electron chi connectivity index (χ4n) is 4.29. The largest absolute Gasteiger partial charge is 0.296 e. The summed E-state index contributed by atoms with van der Waals surface area (Å²) < 4.78 is 26.1. The summed E-state index contributed by atoms with van der Waals surface area (Å²) in [5.74, 6) is 0.0188. The lowest BCUT2D eigenvalue weighted by Crippen LogP contribution is -2.26. The number of aromatic nitrogens is 2. The molecule has 136 valence electrons. The lowest BCUT2D eigenvalue weighted by molar-refractivity contribution is 0.321. The van der Waals surface area contributed by atoms with Gasteiger partial charge >= 0.3 is 0 Å². The van der Waals surface area contributed by atoms with Crippen molar-refractivity contribution in [2.75, 3.05) is 13.1 Å². The van der Waals surface area contributed by atoms with Crippen molar-refractivity contribution in [3.63, 3.8) is 0 Å². The summed E-state index contributed by atoms with van der Waals surface area (Å²) in [7, 11) is -3.28. The van der Waals surface area contributed by atoms with E-state index in [0.717, 1.165) is 28.9 Å². The Bertz CT molecular complexity index is 1080. The molecule has 0 aliphatic carbocycles. The van der Waals surface area contributed by atoms with Crippen LogP contribution < -0.4 is 0 Å². The third-order valence-electron chi connectivity index (χ3n) is 5.56. The molecule has 0 radical (unpaired) electrons. The van der Waals surface area contributed by atoms with E-state index in [0.29, 0.717) is 18.0 Å². The highest BCUT2D eigenvalue weighted by atomic mass is 32.2. The van der Waals surface area contributed by atoms with Gasteiger partial charge in [-0.1, -0.05) is 18.2 Å². The SMILES string of the molecule is O=S1(=O)c2ccc(-c3cccnc3)cc2[C@H]2CN(Cc3ccccn3)C[C@H]21. The maximum atomic E-state index is 13.1. The fourth-order valence-corrected chi connectivity index (χ4v) is 6.48. The Morgan fingerprint density at radius 2 is 1.93 bits per heavy atom. The first-order valence-corrected chi connectivity index (χ1v) is 10.6. The second kappa shape index (κ2) is 6.25. The molecule has 0 bridgehead atoms. The lowest BCUT2D eigenvalue weighted by atomic mass is 9.95. The van der Waals surface area contributed by atoms with Gasteiger partial charge in [0.2, 0.25) is 0 Å². The number of pyridine rings is 2. The van der Waals surface area contributed by atoms with E-state index >= 15 is 0 Å². The van der Waals surface area contributed by atoms with Crippen molar-refractivity contribution in [2.24, 2.45) is 0 Å². The lowest BCUT2D eigenvalue weighted by Gasteiger charge is -2.17. The average Bonchev–Trinajstić information content (AvgIpc) is 3.21. The highest BCUT2D eigenvalue weighted by Crippen LogP contribution is 2.46. The molecule has 5 nitrogen and oxygen atoms in total. The molecular formula is C21H19N3O2S. The number of sulfone groups is 1. The highest BCUT2D eigenvalue weighted by molar-refractivity contribution is 7.92. The zero-order valence-corrected chi connectivity index (χ0v) is 15.5. The maximum Gasteiger partial charge on any atom is 0.183 e. The van der Waals surface area contributed by atoms with E-state index in [1.807, 2.05) is 48.7 Å². The predicted octanol–water partition coefficient (Wildman–Crippen LogP) is 2.90. The molecule has 0 N–H and O–H groups in total. The van der Waals surface area contributed by atoms with Gasteiger partial charge in [-0.15, -0.1) is 0 Å². The number of likely N-dealkylation sites (tertiary alicyclic amines) is 1. The van der Waals surface area contributed by atoms with Crippen molar-refractivity contribution in [1.29, 1.82) is 0 Å². The highest BCUT2D eigenvalue weighted by Gasteiger charge is 2.50. The first kappa shape index (κ1) is 16.6. The molecule has 2 aliphatic rings. The molecule has 0 unspecified atom stereocenters. The molecule has 2 atom stereocenters. The molecule has 2 aliphatic heterocycles. The summed E-state index contributed by atoms with van der Waals surface area (Å²) in [5.41, 5.74) is 3.94. The zero-order valence-electron chi connectivity index (χ0n) is 14.7. The van der Waals surface area contributed by atoms with Gasteiger partial charge in [-0.05, 0) is 47.0 Å². The van der Waals surface area contributed by atoms with Gasteiger partial charge in [0.25, 0.3) is 0 Å². The molecular weight excluding hydrogens is 358 g/mol. The Morgan fingerprint density at radius 1 is 1.00 bits per heavy atom. The summed E-state index contributed by atoms with van der Waals surface area (Å²) in [6, 6.07) is 15.4. The Morgan fingerprint density at radius 3 is 2.70 bits per heavy atom. The zero-order chi connectivity index (χ0) is 18.4. The van der Waals surface area contributed by atoms with Crippen LogP contribution in [0.2, 0.25) is 0 Å². The van der Waals surface area contributed by atoms with Crippen LogP contribution >= 0.6 is 0 Å². The Balaban J connectivity index is 1.49. The normalized spacial score (nSPS) is 23.1. The van der Waals surface area contributed by atoms with Crippen molar-refractivity contribution in [3.05, 3.63) is 78.4 Å². The monoisotopic (exact) mass is 377 g/mol. The first-order valence-electron chi connectivity index (χ1n) is 9.03. The molecule has 0 spiro atoms. The minimum Gasteiger partial charge on any atom is -0.296 e. The van der Waals surface area contributed by atoms with Gasteiger partial charge in [-0.25, -0.2) is 8.42 Å². The van der Waals surface area contributed by atoms with E-state index in [4.69, 9.17) is 0 Å². The van der Waals surface area contributed by atoms with Crippen LogP contribution in [0.25, 0.3) is 11.1 Å². The first-order chi connectivity index (χ1) is 13.1. The van der Waals surface area contributed by atoms with Gasteiger partial charge in [-0.3, -0.25) is 14.9 Å². The Kier molecular flexibility index (Phi) is 3.84. The van der Waals surface area contributed by atoms with Gasteiger partial charge in [0, 0.05) is 44.1 Å². The molecule has 1 fully saturated rings. The van der Waals surface area contributed by atoms with Crippen molar-refractivity contribution < 1.29 is 8.42 Å². The third-order valence-corrected chi connectivity index (χ3v) is 7.82. The molecule has 27 heavy (non-hydrogen) atoms. The number of benzene rings is 1. The van der Waals surface area contributed by atoms with Crippen LogP contribution in [-0.4, -0.2) is 41.6 Å². The smallest absolute Gasteiger partial charge is 0.183 e. The van der Waals surface area contributed by atoms with Gasteiger partial charge in [0.1, 0.15) is 0 Å². The van der Waals surface area contributed by atoms with E-state index in [9.17, 15) is 8.42 Å². The second-order valence-corrected chi connectivity index (χ2v) is 9.33. The summed E-state index contributed by atoms with van der Waals surface area (Å²) in [6.45, 7) is 1.98. The molecule has 6 heteroatoms. The summed E-state index contributed by atoms with van der Waals surface area (Å²) in [5, 5.41) is -0.361. The van der Waals surface area contributed by atoms with Gasteiger partial charge < -0.3 is 0 Å². The van der Waals surface area contributed by atoms with Crippen molar-refractivity contribution in [1.82, 2.24) is 14.9 Å². The summed E-state index contributed by atoms with van der Waals surface area (Å²) in [4.78, 5) is 11.3. The Labute approximate surface area is 158 Å². The van der Waals surface area contributed by atoms with Gasteiger partial charge in [0.15, 0.2) is 9.84 Å². The molecule has 5 rings (SSSR count). The van der Waals surface area contributed by atoms with Crippen LogP contribution in [0, 0.1) is 0 Å². The molecule has 2 aromatic heterocycles. The predicted molar refractivity (Wildman–Crippen MR) is 103 cm³/mol. The Hall–Kier alpha value is -2.57. The molecule has 4 heterocycles. The van der Waals surface area contributed by atoms with Crippen molar-refractivity contribution in [3.8, 4) is 11.1 Å². The fraction of sp³-hybridized carbons (Fsp3) is 0.238. The van der Waals surface area contributed by atoms with E-state index in [-0.39, 0.29) is 11.2 Å². The third kappa shape index (κ3) is 2.76. The van der Waals surface area contributed by atoms with Crippen LogP contribution in [0.3, 0.4) is 0 Å². The number of hydrogen-bond acceptors (Lipinski definition) is 5. The molecule has 1 aromatic carbocycles.